The maximum atomic E-state index is 12.6. The number of amides is 1. The molecule has 0 spiro atoms. The number of hydrogen-bond donors (Lipinski definition) is 2. The van der Waals surface area contributed by atoms with Crippen LogP contribution >= 0.6 is 0 Å². The number of aliphatic hydroxyl groups is 1. The van der Waals surface area contributed by atoms with Gasteiger partial charge in [-0.15, -0.1) is 0 Å². The van der Waals surface area contributed by atoms with Crippen molar-refractivity contribution in [2.45, 2.75) is 27.2 Å². The molecule has 0 aliphatic carbocycles. The first-order valence-corrected chi connectivity index (χ1v) is 7.07. The van der Waals surface area contributed by atoms with Crippen LogP contribution in [0.1, 0.15) is 35.0 Å². The molecule has 4 nitrogen and oxygen atoms in total. The lowest BCUT2D eigenvalue weighted by Gasteiger charge is -2.20. The summed E-state index contributed by atoms with van der Waals surface area (Å²) in [5, 5.41) is 10.2. The Morgan fingerprint density at radius 2 is 2.05 bits per heavy atom. The minimum atomic E-state index is -0.0350. The molecular weight excluding hydrogens is 252 g/mol. The van der Waals surface area contributed by atoms with Crippen molar-refractivity contribution in [3.63, 3.8) is 0 Å². The molecule has 1 aromatic heterocycles. The third-order valence-electron chi connectivity index (χ3n) is 3.58. The predicted octanol–water partition coefficient (Wildman–Crippen LogP) is 2.63. The van der Waals surface area contributed by atoms with Crippen molar-refractivity contribution in [1.82, 2.24) is 9.88 Å². The summed E-state index contributed by atoms with van der Waals surface area (Å²) in [4.78, 5) is 17.5. The minimum Gasteiger partial charge on any atom is -0.395 e. The summed E-state index contributed by atoms with van der Waals surface area (Å²) < 4.78 is 0. The SMILES string of the molecule is CCCN(CCO)C(=O)c1[nH]c2ccc(C)cc2c1C. The second kappa shape index (κ2) is 6.09. The summed E-state index contributed by atoms with van der Waals surface area (Å²) in [7, 11) is 0. The van der Waals surface area contributed by atoms with E-state index in [0.29, 0.717) is 18.8 Å². The minimum absolute atomic E-state index is 0.00980. The number of aromatic nitrogens is 1. The van der Waals surface area contributed by atoms with Gasteiger partial charge in [0, 0.05) is 24.0 Å². The van der Waals surface area contributed by atoms with Gasteiger partial charge in [0.15, 0.2) is 0 Å². The molecule has 2 aromatic rings. The molecule has 0 aliphatic heterocycles. The lowest BCUT2D eigenvalue weighted by atomic mass is 10.1. The number of nitrogens with one attached hydrogen (secondary N) is 1. The Balaban J connectivity index is 2.40. The van der Waals surface area contributed by atoms with E-state index in [0.717, 1.165) is 22.9 Å². The molecule has 108 valence electrons. The molecule has 2 N–H and O–H groups in total. The molecule has 0 unspecified atom stereocenters. The van der Waals surface area contributed by atoms with Crippen LogP contribution in [-0.2, 0) is 0 Å². The van der Waals surface area contributed by atoms with E-state index in [1.165, 1.54) is 5.56 Å². The van der Waals surface area contributed by atoms with Crippen molar-refractivity contribution in [1.29, 1.82) is 0 Å². The number of carbonyl (C=O) groups is 1. The van der Waals surface area contributed by atoms with E-state index in [-0.39, 0.29) is 12.5 Å². The summed E-state index contributed by atoms with van der Waals surface area (Å²) in [5.74, 6) is -0.0350. The molecule has 2 rings (SSSR count). The third-order valence-corrected chi connectivity index (χ3v) is 3.58. The number of hydrogen-bond acceptors (Lipinski definition) is 2. The summed E-state index contributed by atoms with van der Waals surface area (Å²) in [6.45, 7) is 7.06. The molecule has 1 amide bonds. The number of nitrogens with zero attached hydrogens (tertiary/aromatic N) is 1. The summed E-state index contributed by atoms with van der Waals surface area (Å²) >= 11 is 0. The number of aromatic amines is 1. The smallest absolute Gasteiger partial charge is 0.270 e. The quantitative estimate of drug-likeness (QED) is 0.880. The van der Waals surface area contributed by atoms with Crippen LogP contribution in [0.3, 0.4) is 0 Å². The Morgan fingerprint density at radius 3 is 2.70 bits per heavy atom. The number of carbonyl (C=O) groups excluding carboxylic acids is 1. The van der Waals surface area contributed by atoms with Gasteiger partial charge in [-0.05, 0) is 38.0 Å². The number of H-pyrrole nitrogens is 1. The Kier molecular flexibility index (Phi) is 4.45. The zero-order valence-corrected chi connectivity index (χ0v) is 12.4. The van der Waals surface area contributed by atoms with E-state index in [4.69, 9.17) is 5.11 Å². The lowest BCUT2D eigenvalue weighted by Crippen LogP contribution is -2.34. The standard InChI is InChI=1S/C16H22N2O2/c1-4-7-18(8-9-19)16(20)15-12(3)13-10-11(2)5-6-14(13)17-15/h5-6,10,17,19H,4,7-9H2,1-3H3. The van der Waals surface area contributed by atoms with Crippen LogP contribution in [0.5, 0.6) is 0 Å². The number of fused-ring (bicyclic) bond motifs is 1. The average molecular weight is 274 g/mol. The molecular formula is C16H22N2O2. The number of rotatable bonds is 5. The van der Waals surface area contributed by atoms with Crippen LogP contribution in [0.15, 0.2) is 18.2 Å². The third kappa shape index (κ3) is 2.70. The molecule has 1 heterocycles. The van der Waals surface area contributed by atoms with Gasteiger partial charge in [-0.25, -0.2) is 0 Å². The maximum absolute atomic E-state index is 12.6. The largest absolute Gasteiger partial charge is 0.395 e. The first-order valence-electron chi connectivity index (χ1n) is 7.07. The molecule has 0 fully saturated rings. The first kappa shape index (κ1) is 14.6. The zero-order chi connectivity index (χ0) is 14.7. The highest BCUT2D eigenvalue weighted by Gasteiger charge is 2.20. The van der Waals surface area contributed by atoms with Crippen molar-refractivity contribution in [2.75, 3.05) is 19.7 Å². The van der Waals surface area contributed by atoms with Crippen molar-refractivity contribution in [3.05, 3.63) is 35.0 Å². The van der Waals surface area contributed by atoms with Gasteiger partial charge in [0.25, 0.3) is 5.91 Å². The van der Waals surface area contributed by atoms with Gasteiger partial charge in [-0.3, -0.25) is 4.79 Å². The lowest BCUT2D eigenvalue weighted by molar-refractivity contribution is 0.0716. The Labute approximate surface area is 119 Å². The Bertz CT molecular complexity index is 610. The summed E-state index contributed by atoms with van der Waals surface area (Å²) in [6, 6.07) is 6.13. The van der Waals surface area contributed by atoms with Gasteiger partial charge in [0.2, 0.25) is 0 Å². The highest BCUT2D eigenvalue weighted by molar-refractivity contribution is 6.01. The van der Waals surface area contributed by atoms with Gasteiger partial charge < -0.3 is 15.0 Å². The Morgan fingerprint density at radius 1 is 1.30 bits per heavy atom. The van der Waals surface area contributed by atoms with Crippen molar-refractivity contribution >= 4 is 16.8 Å². The van der Waals surface area contributed by atoms with E-state index in [1.807, 2.05) is 32.9 Å². The zero-order valence-electron chi connectivity index (χ0n) is 12.4. The fraction of sp³-hybridized carbons (Fsp3) is 0.438. The first-order chi connectivity index (χ1) is 9.58. The normalized spacial score (nSPS) is 11.0. The highest BCUT2D eigenvalue weighted by atomic mass is 16.3. The number of benzene rings is 1. The molecule has 20 heavy (non-hydrogen) atoms. The van der Waals surface area contributed by atoms with Gasteiger partial charge >= 0.3 is 0 Å². The fourth-order valence-electron chi connectivity index (χ4n) is 2.52. The molecule has 4 heteroatoms. The average Bonchev–Trinajstić information content (AvgIpc) is 2.75. The number of aryl methyl sites for hydroxylation is 2. The van der Waals surface area contributed by atoms with Gasteiger partial charge in [0.05, 0.1) is 6.61 Å². The van der Waals surface area contributed by atoms with E-state index < -0.39 is 0 Å². The molecule has 1 aromatic carbocycles. The predicted molar refractivity (Wildman–Crippen MR) is 81.1 cm³/mol. The van der Waals surface area contributed by atoms with Crippen molar-refractivity contribution < 1.29 is 9.90 Å². The maximum Gasteiger partial charge on any atom is 0.270 e. The van der Waals surface area contributed by atoms with E-state index in [1.54, 1.807) is 4.90 Å². The van der Waals surface area contributed by atoms with Gasteiger partial charge in [-0.2, -0.15) is 0 Å². The molecule has 0 bridgehead atoms. The molecule has 0 aliphatic rings. The second-order valence-electron chi connectivity index (χ2n) is 5.19. The molecule has 0 saturated carbocycles. The Hall–Kier alpha value is -1.81. The van der Waals surface area contributed by atoms with Gasteiger partial charge in [-0.1, -0.05) is 18.6 Å². The molecule has 0 radical (unpaired) electrons. The van der Waals surface area contributed by atoms with E-state index in [9.17, 15) is 4.79 Å². The van der Waals surface area contributed by atoms with E-state index >= 15 is 0 Å². The van der Waals surface area contributed by atoms with Crippen LogP contribution in [0.2, 0.25) is 0 Å². The molecule has 0 atom stereocenters. The van der Waals surface area contributed by atoms with Crippen LogP contribution in [0.4, 0.5) is 0 Å². The van der Waals surface area contributed by atoms with Crippen LogP contribution < -0.4 is 0 Å². The summed E-state index contributed by atoms with van der Waals surface area (Å²) in [6.07, 6.45) is 0.879. The summed E-state index contributed by atoms with van der Waals surface area (Å²) in [5.41, 5.74) is 3.77. The van der Waals surface area contributed by atoms with E-state index in [2.05, 4.69) is 11.1 Å². The van der Waals surface area contributed by atoms with Crippen LogP contribution in [0, 0.1) is 13.8 Å². The van der Waals surface area contributed by atoms with Crippen LogP contribution in [-0.4, -0.2) is 40.6 Å². The second-order valence-corrected chi connectivity index (χ2v) is 5.19. The molecule has 0 saturated heterocycles. The highest BCUT2D eigenvalue weighted by Crippen LogP contribution is 2.23. The van der Waals surface area contributed by atoms with Gasteiger partial charge in [0.1, 0.15) is 5.69 Å². The monoisotopic (exact) mass is 274 g/mol. The van der Waals surface area contributed by atoms with Crippen molar-refractivity contribution in [2.24, 2.45) is 0 Å². The van der Waals surface area contributed by atoms with Crippen molar-refractivity contribution in [3.8, 4) is 0 Å². The fourth-order valence-corrected chi connectivity index (χ4v) is 2.52. The topological polar surface area (TPSA) is 56.3 Å². The number of aliphatic hydroxyl groups excluding tert-OH is 1. The van der Waals surface area contributed by atoms with Crippen LogP contribution in [0.25, 0.3) is 10.9 Å².